The molecule has 1 aromatic carbocycles. The molecule has 1 heterocycles. The Balaban J connectivity index is 2.25. The standard InChI is InChI=1S/C10H10BrN3O2/c1-15-9-4-7(11)2-6-3-8(5-13-14-12)16-10(6)9/h2,4,8H,3,5H2,1H3. The predicted octanol–water partition coefficient (Wildman–Crippen LogP) is 3.07. The number of halogens is 1. The van der Waals surface area contributed by atoms with Crippen LogP contribution in [0.4, 0.5) is 0 Å². The van der Waals surface area contributed by atoms with Crippen molar-refractivity contribution in [1.29, 1.82) is 0 Å². The van der Waals surface area contributed by atoms with E-state index < -0.39 is 0 Å². The number of ether oxygens (including phenoxy) is 2. The van der Waals surface area contributed by atoms with E-state index in [-0.39, 0.29) is 6.10 Å². The summed E-state index contributed by atoms with van der Waals surface area (Å²) in [6, 6.07) is 3.85. The highest BCUT2D eigenvalue weighted by Crippen LogP contribution is 2.40. The van der Waals surface area contributed by atoms with Crippen LogP contribution in [0.25, 0.3) is 10.4 Å². The van der Waals surface area contributed by atoms with Gasteiger partial charge in [0.1, 0.15) is 6.10 Å². The molecular formula is C10H10BrN3O2. The summed E-state index contributed by atoms with van der Waals surface area (Å²) in [6.07, 6.45) is 0.651. The number of hydrogen-bond acceptors (Lipinski definition) is 3. The minimum Gasteiger partial charge on any atom is -0.493 e. The Labute approximate surface area is 101 Å². The van der Waals surface area contributed by atoms with Crippen LogP contribution in [0.15, 0.2) is 21.7 Å². The second kappa shape index (κ2) is 4.63. The highest BCUT2D eigenvalue weighted by molar-refractivity contribution is 9.10. The van der Waals surface area contributed by atoms with Gasteiger partial charge in [0.15, 0.2) is 11.5 Å². The first-order valence-electron chi connectivity index (χ1n) is 4.78. The number of nitrogens with zero attached hydrogens (tertiary/aromatic N) is 3. The molecule has 0 aromatic heterocycles. The molecule has 0 radical (unpaired) electrons. The average Bonchev–Trinajstić information content (AvgIpc) is 2.67. The molecule has 0 aliphatic carbocycles. The smallest absolute Gasteiger partial charge is 0.164 e. The first-order valence-corrected chi connectivity index (χ1v) is 5.58. The summed E-state index contributed by atoms with van der Waals surface area (Å²) in [6.45, 7) is 0.339. The van der Waals surface area contributed by atoms with Gasteiger partial charge in [0.05, 0.1) is 13.7 Å². The van der Waals surface area contributed by atoms with Gasteiger partial charge in [-0.15, -0.1) is 0 Å². The molecule has 1 aromatic rings. The van der Waals surface area contributed by atoms with Gasteiger partial charge in [-0.1, -0.05) is 21.0 Å². The molecule has 2 rings (SSSR count). The van der Waals surface area contributed by atoms with Crippen molar-refractivity contribution >= 4 is 15.9 Å². The quantitative estimate of drug-likeness (QED) is 0.486. The molecule has 0 spiro atoms. The number of azide groups is 1. The van der Waals surface area contributed by atoms with Crippen molar-refractivity contribution < 1.29 is 9.47 Å². The molecule has 0 fully saturated rings. The predicted molar refractivity (Wildman–Crippen MR) is 62.8 cm³/mol. The lowest BCUT2D eigenvalue weighted by Gasteiger charge is -2.09. The summed E-state index contributed by atoms with van der Waals surface area (Å²) >= 11 is 3.41. The molecule has 16 heavy (non-hydrogen) atoms. The van der Waals surface area contributed by atoms with E-state index in [4.69, 9.17) is 15.0 Å². The highest BCUT2D eigenvalue weighted by Gasteiger charge is 2.26. The van der Waals surface area contributed by atoms with Crippen LogP contribution >= 0.6 is 15.9 Å². The van der Waals surface area contributed by atoms with Crippen molar-refractivity contribution in [2.24, 2.45) is 5.11 Å². The second-order valence-corrected chi connectivity index (χ2v) is 4.37. The van der Waals surface area contributed by atoms with E-state index in [2.05, 4.69) is 26.0 Å². The van der Waals surface area contributed by atoms with E-state index in [0.29, 0.717) is 12.3 Å². The first-order chi connectivity index (χ1) is 7.74. The summed E-state index contributed by atoms with van der Waals surface area (Å²) in [5, 5.41) is 3.52. The monoisotopic (exact) mass is 283 g/mol. The Morgan fingerprint density at radius 3 is 3.19 bits per heavy atom. The van der Waals surface area contributed by atoms with Gasteiger partial charge in [-0.2, -0.15) is 0 Å². The van der Waals surface area contributed by atoms with Crippen molar-refractivity contribution in [2.45, 2.75) is 12.5 Å². The fourth-order valence-electron chi connectivity index (χ4n) is 1.74. The number of hydrogen-bond donors (Lipinski definition) is 0. The van der Waals surface area contributed by atoms with Crippen molar-refractivity contribution in [3.8, 4) is 11.5 Å². The zero-order valence-electron chi connectivity index (χ0n) is 8.68. The molecule has 0 N–H and O–H groups in total. The fraction of sp³-hybridized carbons (Fsp3) is 0.400. The molecule has 1 aliphatic rings. The summed E-state index contributed by atoms with van der Waals surface area (Å²) in [5.41, 5.74) is 9.33. The maximum Gasteiger partial charge on any atom is 0.164 e. The van der Waals surface area contributed by atoms with Gasteiger partial charge in [0, 0.05) is 21.4 Å². The van der Waals surface area contributed by atoms with Crippen LogP contribution in [0.2, 0.25) is 0 Å². The Kier molecular flexibility index (Phi) is 3.22. The van der Waals surface area contributed by atoms with Gasteiger partial charge in [0.25, 0.3) is 0 Å². The summed E-state index contributed by atoms with van der Waals surface area (Å²) in [4.78, 5) is 2.73. The summed E-state index contributed by atoms with van der Waals surface area (Å²) in [5.74, 6) is 1.46. The molecule has 5 nitrogen and oxygen atoms in total. The lowest BCUT2D eigenvalue weighted by atomic mass is 10.1. The van der Waals surface area contributed by atoms with E-state index >= 15 is 0 Å². The molecule has 0 saturated carbocycles. The van der Waals surface area contributed by atoms with Gasteiger partial charge >= 0.3 is 0 Å². The third-order valence-electron chi connectivity index (χ3n) is 2.40. The number of methoxy groups -OCH3 is 1. The maximum atomic E-state index is 8.26. The van der Waals surface area contributed by atoms with Gasteiger partial charge in [-0.3, -0.25) is 0 Å². The molecule has 6 heteroatoms. The zero-order valence-corrected chi connectivity index (χ0v) is 10.3. The molecular weight excluding hydrogens is 274 g/mol. The largest absolute Gasteiger partial charge is 0.493 e. The van der Waals surface area contributed by atoms with E-state index in [1.54, 1.807) is 7.11 Å². The minimum absolute atomic E-state index is 0.0888. The van der Waals surface area contributed by atoms with Gasteiger partial charge < -0.3 is 9.47 Å². The van der Waals surface area contributed by atoms with Crippen LogP contribution in [0.3, 0.4) is 0 Å². The zero-order chi connectivity index (χ0) is 11.5. The van der Waals surface area contributed by atoms with Gasteiger partial charge in [-0.25, -0.2) is 0 Å². The third-order valence-corrected chi connectivity index (χ3v) is 2.85. The topological polar surface area (TPSA) is 67.2 Å². The number of fused-ring (bicyclic) bond motifs is 1. The minimum atomic E-state index is -0.0888. The Hall–Kier alpha value is -1.39. The molecule has 0 amide bonds. The van der Waals surface area contributed by atoms with Crippen LogP contribution in [0.1, 0.15) is 5.56 Å². The third kappa shape index (κ3) is 2.08. The summed E-state index contributed by atoms with van der Waals surface area (Å²) in [7, 11) is 1.60. The first kappa shape index (κ1) is 11.1. The van der Waals surface area contributed by atoms with Gasteiger partial charge in [-0.05, 0) is 17.7 Å². The van der Waals surface area contributed by atoms with Crippen molar-refractivity contribution in [3.63, 3.8) is 0 Å². The molecule has 0 bridgehead atoms. The van der Waals surface area contributed by atoms with E-state index in [1.165, 1.54) is 0 Å². The summed E-state index contributed by atoms with van der Waals surface area (Å²) < 4.78 is 11.9. The average molecular weight is 284 g/mol. The molecule has 1 unspecified atom stereocenters. The number of rotatable bonds is 3. The fourth-order valence-corrected chi connectivity index (χ4v) is 2.23. The molecule has 1 aliphatic heterocycles. The Morgan fingerprint density at radius 1 is 1.69 bits per heavy atom. The lowest BCUT2D eigenvalue weighted by Crippen LogP contribution is -2.16. The van der Waals surface area contributed by atoms with Crippen LogP contribution in [-0.4, -0.2) is 19.8 Å². The van der Waals surface area contributed by atoms with Crippen molar-refractivity contribution in [3.05, 3.63) is 32.6 Å². The SMILES string of the molecule is COc1cc(Br)cc2c1OC(CN=[N+]=[N-])C2. The van der Waals surface area contributed by atoms with Crippen LogP contribution < -0.4 is 9.47 Å². The van der Waals surface area contributed by atoms with Crippen LogP contribution in [-0.2, 0) is 6.42 Å². The Morgan fingerprint density at radius 2 is 2.50 bits per heavy atom. The second-order valence-electron chi connectivity index (χ2n) is 3.45. The highest BCUT2D eigenvalue weighted by atomic mass is 79.9. The number of benzene rings is 1. The molecule has 0 saturated heterocycles. The van der Waals surface area contributed by atoms with Crippen molar-refractivity contribution in [2.75, 3.05) is 13.7 Å². The molecule has 1 atom stereocenters. The van der Waals surface area contributed by atoms with Crippen LogP contribution in [0, 0.1) is 0 Å². The lowest BCUT2D eigenvalue weighted by molar-refractivity contribution is 0.231. The maximum absolute atomic E-state index is 8.26. The van der Waals surface area contributed by atoms with Gasteiger partial charge in [0.2, 0.25) is 0 Å². The van der Waals surface area contributed by atoms with E-state index in [0.717, 1.165) is 22.2 Å². The molecule has 84 valence electrons. The van der Waals surface area contributed by atoms with Crippen LogP contribution in [0.5, 0.6) is 11.5 Å². The normalized spacial score (nSPS) is 17.2. The van der Waals surface area contributed by atoms with Crippen molar-refractivity contribution in [1.82, 2.24) is 0 Å². The van der Waals surface area contributed by atoms with E-state index in [9.17, 15) is 0 Å². The Bertz CT molecular complexity index is 458. The van der Waals surface area contributed by atoms with E-state index in [1.807, 2.05) is 12.1 Å².